The van der Waals surface area contributed by atoms with Gasteiger partial charge in [0.25, 0.3) is 0 Å². The maximum Gasteiger partial charge on any atom is 0.410 e. The number of carbonyl (C=O) groups excluding carboxylic acids is 2. The molecule has 0 saturated carbocycles. The molecule has 0 aliphatic carbocycles. The zero-order valence-electron chi connectivity index (χ0n) is 17.7. The van der Waals surface area contributed by atoms with Crippen LogP contribution < -0.4 is 4.74 Å². The van der Waals surface area contributed by atoms with Crippen LogP contribution in [-0.2, 0) is 27.3 Å². The Labute approximate surface area is 179 Å². The van der Waals surface area contributed by atoms with Crippen molar-refractivity contribution in [1.29, 1.82) is 0 Å². The Morgan fingerprint density at radius 2 is 1.90 bits per heavy atom. The molecule has 166 valence electrons. The van der Waals surface area contributed by atoms with Crippen LogP contribution in [0.25, 0.3) is 0 Å². The summed E-state index contributed by atoms with van der Waals surface area (Å²) in [5.74, 6) is -1.72. The highest BCUT2D eigenvalue weighted by molar-refractivity contribution is 5.84. The van der Waals surface area contributed by atoms with Crippen LogP contribution in [0.3, 0.4) is 0 Å². The van der Waals surface area contributed by atoms with E-state index < -0.39 is 29.7 Å². The highest BCUT2D eigenvalue weighted by atomic mass is 19.2. The SMILES string of the molecule is COC(=O)C1c2ccc(OCc3ccc(F)c(F)c3)cc2CCN1C(=O)OCC(C)C. The number of nitrogens with zero attached hydrogens (tertiary/aromatic N) is 1. The van der Waals surface area contributed by atoms with Crippen molar-refractivity contribution in [2.24, 2.45) is 5.92 Å². The minimum Gasteiger partial charge on any atom is -0.489 e. The number of fused-ring (bicyclic) bond motifs is 1. The third-order valence-electron chi connectivity index (χ3n) is 4.93. The lowest BCUT2D eigenvalue weighted by Crippen LogP contribution is -2.44. The molecule has 0 saturated heterocycles. The largest absolute Gasteiger partial charge is 0.489 e. The number of methoxy groups -OCH3 is 1. The average Bonchev–Trinajstić information content (AvgIpc) is 2.76. The predicted octanol–water partition coefficient (Wildman–Crippen LogP) is 4.41. The fraction of sp³-hybridized carbons (Fsp3) is 0.391. The van der Waals surface area contributed by atoms with Gasteiger partial charge in [-0.3, -0.25) is 4.90 Å². The maximum atomic E-state index is 13.4. The smallest absolute Gasteiger partial charge is 0.410 e. The Balaban J connectivity index is 1.77. The summed E-state index contributed by atoms with van der Waals surface area (Å²) in [6, 6.07) is 7.83. The molecule has 1 unspecified atom stereocenters. The first kappa shape index (κ1) is 22.5. The minimum absolute atomic E-state index is 0.0596. The van der Waals surface area contributed by atoms with Crippen molar-refractivity contribution in [3.63, 3.8) is 0 Å². The minimum atomic E-state index is -0.933. The molecule has 2 aromatic rings. The van der Waals surface area contributed by atoms with Gasteiger partial charge in [0.15, 0.2) is 17.7 Å². The zero-order chi connectivity index (χ0) is 22.5. The van der Waals surface area contributed by atoms with Gasteiger partial charge < -0.3 is 14.2 Å². The van der Waals surface area contributed by atoms with Gasteiger partial charge in [-0.25, -0.2) is 18.4 Å². The molecule has 1 aliphatic rings. The lowest BCUT2D eigenvalue weighted by Gasteiger charge is -2.35. The van der Waals surface area contributed by atoms with Crippen molar-refractivity contribution in [2.45, 2.75) is 32.9 Å². The second kappa shape index (κ2) is 9.76. The second-order valence-corrected chi connectivity index (χ2v) is 7.74. The maximum absolute atomic E-state index is 13.4. The van der Waals surface area contributed by atoms with Crippen molar-refractivity contribution in [1.82, 2.24) is 4.90 Å². The molecular weight excluding hydrogens is 408 g/mol. The normalized spacial score (nSPS) is 15.4. The summed E-state index contributed by atoms with van der Waals surface area (Å²) in [6.45, 7) is 4.46. The van der Waals surface area contributed by atoms with E-state index in [1.54, 1.807) is 18.2 Å². The summed E-state index contributed by atoms with van der Waals surface area (Å²) in [5.41, 5.74) is 1.97. The van der Waals surface area contributed by atoms with Gasteiger partial charge in [-0.1, -0.05) is 26.0 Å². The van der Waals surface area contributed by atoms with Crippen LogP contribution in [0, 0.1) is 17.6 Å². The van der Waals surface area contributed by atoms with Gasteiger partial charge in [-0.2, -0.15) is 0 Å². The molecule has 0 aromatic heterocycles. The third kappa shape index (κ3) is 5.31. The van der Waals surface area contributed by atoms with Gasteiger partial charge in [-0.15, -0.1) is 0 Å². The molecule has 1 amide bonds. The molecule has 0 bridgehead atoms. The van der Waals surface area contributed by atoms with Gasteiger partial charge in [0, 0.05) is 6.54 Å². The number of esters is 1. The molecule has 1 aliphatic heterocycles. The first-order valence-electron chi connectivity index (χ1n) is 10.0. The van der Waals surface area contributed by atoms with Gasteiger partial charge in [0.2, 0.25) is 0 Å². The van der Waals surface area contributed by atoms with Crippen LogP contribution >= 0.6 is 0 Å². The Kier molecular flexibility index (Phi) is 7.09. The van der Waals surface area contributed by atoms with Crippen molar-refractivity contribution in [3.8, 4) is 5.75 Å². The van der Waals surface area contributed by atoms with Crippen molar-refractivity contribution >= 4 is 12.1 Å². The van der Waals surface area contributed by atoms with E-state index in [4.69, 9.17) is 14.2 Å². The van der Waals surface area contributed by atoms with E-state index in [1.165, 1.54) is 18.1 Å². The summed E-state index contributed by atoms with van der Waals surface area (Å²) in [5, 5.41) is 0. The third-order valence-corrected chi connectivity index (χ3v) is 4.93. The predicted molar refractivity (Wildman–Crippen MR) is 108 cm³/mol. The molecule has 3 rings (SSSR count). The van der Waals surface area contributed by atoms with Crippen LogP contribution in [-0.4, -0.2) is 37.2 Å². The number of hydrogen-bond acceptors (Lipinski definition) is 5. The lowest BCUT2D eigenvalue weighted by molar-refractivity contribution is -0.147. The van der Waals surface area contributed by atoms with Gasteiger partial charge in [0.1, 0.15) is 12.4 Å². The first-order chi connectivity index (χ1) is 14.8. The molecular formula is C23H25F2NO5. The zero-order valence-corrected chi connectivity index (χ0v) is 17.7. The summed E-state index contributed by atoms with van der Waals surface area (Å²) in [6.07, 6.45) is -0.0597. The van der Waals surface area contributed by atoms with E-state index in [1.807, 2.05) is 13.8 Å². The Morgan fingerprint density at radius 1 is 1.13 bits per heavy atom. The Morgan fingerprint density at radius 3 is 2.58 bits per heavy atom. The number of ether oxygens (including phenoxy) is 3. The van der Waals surface area contributed by atoms with Crippen molar-refractivity contribution in [2.75, 3.05) is 20.3 Å². The molecule has 0 fully saturated rings. The number of halogens is 2. The van der Waals surface area contributed by atoms with Gasteiger partial charge in [-0.05, 0) is 53.3 Å². The van der Waals surface area contributed by atoms with Crippen LogP contribution in [0.15, 0.2) is 36.4 Å². The fourth-order valence-electron chi connectivity index (χ4n) is 3.37. The van der Waals surface area contributed by atoms with Crippen LogP contribution in [0.2, 0.25) is 0 Å². The van der Waals surface area contributed by atoms with Crippen LogP contribution in [0.1, 0.15) is 36.6 Å². The molecule has 31 heavy (non-hydrogen) atoms. The van der Waals surface area contributed by atoms with E-state index in [2.05, 4.69) is 0 Å². The topological polar surface area (TPSA) is 65.1 Å². The Bertz CT molecular complexity index is 963. The first-order valence-corrected chi connectivity index (χ1v) is 10.0. The number of benzene rings is 2. The van der Waals surface area contributed by atoms with E-state index >= 15 is 0 Å². The summed E-state index contributed by atoms with van der Waals surface area (Å²) < 4.78 is 42.4. The fourth-order valence-corrected chi connectivity index (χ4v) is 3.37. The highest BCUT2D eigenvalue weighted by Crippen LogP contribution is 2.34. The van der Waals surface area contributed by atoms with E-state index in [9.17, 15) is 18.4 Å². The second-order valence-electron chi connectivity index (χ2n) is 7.74. The molecule has 8 heteroatoms. The molecule has 1 atom stereocenters. The number of rotatable bonds is 6. The standard InChI is InChI=1S/C23H25F2NO5/c1-14(2)12-31-23(28)26-9-8-16-11-17(5-6-18(16)21(26)22(27)29-3)30-13-15-4-7-19(24)20(25)10-15/h4-7,10-11,14,21H,8-9,12-13H2,1-3H3. The monoisotopic (exact) mass is 433 g/mol. The summed E-state index contributed by atoms with van der Waals surface area (Å²) in [4.78, 5) is 26.4. The van der Waals surface area contributed by atoms with Gasteiger partial charge >= 0.3 is 12.1 Å². The summed E-state index contributed by atoms with van der Waals surface area (Å²) in [7, 11) is 1.27. The van der Waals surface area contributed by atoms with Crippen molar-refractivity contribution in [3.05, 3.63) is 64.7 Å². The molecule has 1 heterocycles. The van der Waals surface area contributed by atoms with E-state index in [0.29, 0.717) is 23.3 Å². The molecule has 0 N–H and O–H groups in total. The number of hydrogen-bond donors (Lipinski definition) is 0. The Hall–Kier alpha value is -3.16. The number of carbonyl (C=O) groups is 2. The molecule has 6 nitrogen and oxygen atoms in total. The van der Waals surface area contributed by atoms with E-state index in [0.717, 1.165) is 17.7 Å². The number of amides is 1. The molecule has 2 aromatic carbocycles. The average molecular weight is 433 g/mol. The van der Waals surface area contributed by atoms with E-state index in [-0.39, 0.29) is 25.7 Å². The van der Waals surface area contributed by atoms with Crippen LogP contribution in [0.5, 0.6) is 5.75 Å². The molecule has 0 radical (unpaired) electrons. The van der Waals surface area contributed by atoms with Crippen molar-refractivity contribution < 1.29 is 32.6 Å². The quantitative estimate of drug-likeness (QED) is 0.632. The lowest BCUT2D eigenvalue weighted by atomic mass is 9.92. The summed E-state index contributed by atoms with van der Waals surface area (Å²) >= 11 is 0. The molecule has 0 spiro atoms. The van der Waals surface area contributed by atoms with Gasteiger partial charge in [0.05, 0.1) is 13.7 Å². The highest BCUT2D eigenvalue weighted by Gasteiger charge is 2.37. The van der Waals surface area contributed by atoms with Crippen LogP contribution in [0.4, 0.5) is 13.6 Å².